The summed E-state index contributed by atoms with van der Waals surface area (Å²) in [5.41, 5.74) is 0.546. The van der Waals surface area contributed by atoms with E-state index in [4.69, 9.17) is 21.4 Å². The first-order valence-corrected chi connectivity index (χ1v) is 6.03. The van der Waals surface area contributed by atoms with E-state index >= 15 is 0 Å². The second-order valence-electron chi connectivity index (χ2n) is 4.02. The van der Waals surface area contributed by atoms with Crippen LogP contribution in [0, 0.1) is 0 Å². The summed E-state index contributed by atoms with van der Waals surface area (Å²) >= 11 is 5.93. The maximum Gasteiger partial charge on any atom is 0.308 e. The number of aromatic nitrogens is 2. The average molecular weight is 295 g/mol. The van der Waals surface area contributed by atoms with Crippen LogP contribution >= 0.6 is 11.6 Å². The van der Waals surface area contributed by atoms with Crippen molar-refractivity contribution in [1.29, 1.82) is 0 Å². The van der Waals surface area contributed by atoms with Crippen molar-refractivity contribution >= 4 is 17.6 Å². The highest BCUT2D eigenvalue weighted by molar-refractivity contribution is 6.30. The molecule has 0 radical (unpaired) electrons. The minimum Gasteiger partial charge on any atom is -0.496 e. The van der Waals surface area contributed by atoms with Gasteiger partial charge in [-0.05, 0) is 24.3 Å². The lowest BCUT2D eigenvalue weighted by molar-refractivity contribution is -0.136. The van der Waals surface area contributed by atoms with Crippen LogP contribution in [0.1, 0.15) is 5.56 Å². The molecule has 7 heteroatoms. The molecule has 1 aromatic heterocycles. The van der Waals surface area contributed by atoms with Crippen LogP contribution in [0.25, 0.3) is 11.3 Å². The predicted octanol–water partition coefficient (Wildman–Crippen LogP) is 1.73. The van der Waals surface area contributed by atoms with E-state index in [0.717, 1.165) is 0 Å². The topological polar surface area (TPSA) is 92.3 Å². The number of carboxylic acid groups (broad SMARTS) is 1. The molecule has 104 valence electrons. The highest BCUT2D eigenvalue weighted by atomic mass is 35.5. The first kappa shape index (κ1) is 14.1. The van der Waals surface area contributed by atoms with Crippen molar-refractivity contribution in [1.82, 2.24) is 10.2 Å². The third-order valence-corrected chi connectivity index (χ3v) is 2.89. The largest absolute Gasteiger partial charge is 0.496 e. The molecule has 1 aromatic carbocycles. The zero-order chi connectivity index (χ0) is 14.7. The average Bonchev–Trinajstić information content (AvgIpc) is 2.40. The van der Waals surface area contributed by atoms with Crippen molar-refractivity contribution in [3.05, 3.63) is 45.2 Å². The molecule has 0 atom stereocenters. The number of methoxy groups -OCH3 is 1. The van der Waals surface area contributed by atoms with E-state index in [1.54, 1.807) is 18.2 Å². The lowest BCUT2D eigenvalue weighted by Crippen LogP contribution is -2.17. The van der Waals surface area contributed by atoms with Crippen molar-refractivity contribution in [2.45, 2.75) is 6.42 Å². The Bertz CT molecular complexity index is 712. The molecule has 6 nitrogen and oxygen atoms in total. The molecule has 0 unspecified atom stereocenters. The van der Waals surface area contributed by atoms with Crippen LogP contribution in [0.4, 0.5) is 0 Å². The maximum atomic E-state index is 11.5. The summed E-state index contributed by atoms with van der Waals surface area (Å²) in [7, 11) is 1.50. The van der Waals surface area contributed by atoms with Crippen LogP contribution in [0.15, 0.2) is 29.1 Å². The van der Waals surface area contributed by atoms with Gasteiger partial charge in [0, 0.05) is 16.1 Å². The van der Waals surface area contributed by atoms with Gasteiger partial charge in [0.1, 0.15) is 5.75 Å². The summed E-state index contributed by atoms with van der Waals surface area (Å²) in [6.45, 7) is 0. The lowest BCUT2D eigenvalue weighted by atomic mass is 10.1. The van der Waals surface area contributed by atoms with Crippen LogP contribution in [-0.2, 0) is 11.2 Å². The number of benzene rings is 1. The second kappa shape index (κ2) is 5.75. The molecule has 0 fully saturated rings. The molecule has 0 saturated carbocycles. The third-order valence-electron chi connectivity index (χ3n) is 2.66. The zero-order valence-electron chi connectivity index (χ0n) is 10.5. The molecule has 0 bridgehead atoms. The third kappa shape index (κ3) is 2.97. The molecular weight excluding hydrogens is 284 g/mol. The number of ether oxygens (including phenoxy) is 1. The Kier molecular flexibility index (Phi) is 4.05. The van der Waals surface area contributed by atoms with E-state index in [1.165, 1.54) is 13.2 Å². The molecule has 20 heavy (non-hydrogen) atoms. The Morgan fingerprint density at radius 1 is 1.45 bits per heavy atom. The summed E-state index contributed by atoms with van der Waals surface area (Å²) in [6, 6.07) is 6.38. The maximum absolute atomic E-state index is 11.5. The van der Waals surface area contributed by atoms with E-state index in [-0.39, 0.29) is 12.0 Å². The standard InChI is InChI=1S/C13H11ClN2O4/c1-20-11-3-2-8(14)6-9(11)10-4-7(5-12(17)18)13(19)16-15-10/h2-4,6H,5H2,1H3,(H,16,19)(H,17,18). The fraction of sp³-hybridized carbons (Fsp3) is 0.154. The van der Waals surface area contributed by atoms with Gasteiger partial charge in [0.05, 0.1) is 19.2 Å². The van der Waals surface area contributed by atoms with Gasteiger partial charge < -0.3 is 9.84 Å². The first-order chi connectivity index (χ1) is 9.51. The van der Waals surface area contributed by atoms with Crippen molar-refractivity contribution < 1.29 is 14.6 Å². The first-order valence-electron chi connectivity index (χ1n) is 5.65. The fourth-order valence-electron chi connectivity index (χ4n) is 1.76. The van der Waals surface area contributed by atoms with Crippen LogP contribution in [0.3, 0.4) is 0 Å². The Hall–Kier alpha value is -2.34. The number of aliphatic carboxylic acids is 1. The van der Waals surface area contributed by atoms with E-state index in [9.17, 15) is 9.59 Å². The number of H-pyrrole nitrogens is 1. The molecule has 0 amide bonds. The van der Waals surface area contributed by atoms with Gasteiger partial charge in [-0.25, -0.2) is 5.10 Å². The predicted molar refractivity (Wildman–Crippen MR) is 73.2 cm³/mol. The molecule has 2 N–H and O–H groups in total. The molecule has 0 aliphatic carbocycles. The number of carbonyl (C=O) groups is 1. The second-order valence-corrected chi connectivity index (χ2v) is 4.46. The van der Waals surface area contributed by atoms with Crippen molar-refractivity contribution in [2.24, 2.45) is 0 Å². The summed E-state index contributed by atoms with van der Waals surface area (Å²) in [5.74, 6) is -0.569. The van der Waals surface area contributed by atoms with Gasteiger partial charge in [-0.2, -0.15) is 5.10 Å². The van der Waals surface area contributed by atoms with Gasteiger partial charge in [-0.15, -0.1) is 0 Å². The van der Waals surface area contributed by atoms with Crippen LogP contribution in [0.5, 0.6) is 5.75 Å². The Morgan fingerprint density at radius 2 is 2.20 bits per heavy atom. The number of hydrogen-bond acceptors (Lipinski definition) is 4. The van der Waals surface area contributed by atoms with E-state index in [2.05, 4.69) is 10.2 Å². The van der Waals surface area contributed by atoms with Gasteiger partial charge >= 0.3 is 5.97 Å². The van der Waals surface area contributed by atoms with E-state index < -0.39 is 11.5 Å². The highest BCUT2D eigenvalue weighted by Gasteiger charge is 2.12. The number of aromatic amines is 1. The van der Waals surface area contributed by atoms with Gasteiger partial charge in [-0.1, -0.05) is 11.6 Å². The number of nitrogens with one attached hydrogen (secondary N) is 1. The fourth-order valence-corrected chi connectivity index (χ4v) is 1.93. The number of nitrogens with zero attached hydrogens (tertiary/aromatic N) is 1. The number of carboxylic acids is 1. The minimum atomic E-state index is -1.09. The quantitative estimate of drug-likeness (QED) is 0.896. The van der Waals surface area contributed by atoms with Gasteiger partial charge in [0.15, 0.2) is 0 Å². The van der Waals surface area contributed by atoms with Gasteiger partial charge in [0.25, 0.3) is 5.56 Å². The Labute approximate surface area is 119 Å². The number of halogens is 1. The van der Waals surface area contributed by atoms with E-state index in [1.807, 2.05) is 0 Å². The molecule has 0 saturated heterocycles. The molecule has 0 spiro atoms. The lowest BCUT2D eigenvalue weighted by Gasteiger charge is -2.08. The van der Waals surface area contributed by atoms with Crippen molar-refractivity contribution in [3.63, 3.8) is 0 Å². The summed E-state index contributed by atoms with van der Waals surface area (Å²) in [4.78, 5) is 22.2. The molecule has 1 heterocycles. The SMILES string of the molecule is COc1ccc(Cl)cc1-c1cc(CC(=O)O)c(=O)[nH]n1. The smallest absolute Gasteiger partial charge is 0.308 e. The summed E-state index contributed by atoms with van der Waals surface area (Å²) in [6.07, 6.45) is -0.381. The molecule has 0 aliphatic rings. The monoisotopic (exact) mass is 294 g/mol. The van der Waals surface area contributed by atoms with Crippen molar-refractivity contribution in [2.75, 3.05) is 7.11 Å². The number of rotatable bonds is 4. The number of hydrogen-bond donors (Lipinski definition) is 2. The molecule has 2 aromatic rings. The summed E-state index contributed by atoms with van der Waals surface area (Å²) < 4.78 is 5.20. The highest BCUT2D eigenvalue weighted by Crippen LogP contribution is 2.30. The Balaban J connectivity index is 2.56. The Morgan fingerprint density at radius 3 is 2.85 bits per heavy atom. The van der Waals surface area contributed by atoms with Crippen molar-refractivity contribution in [3.8, 4) is 17.0 Å². The van der Waals surface area contributed by atoms with Gasteiger partial charge in [0.2, 0.25) is 0 Å². The molecular formula is C13H11ClN2O4. The molecule has 2 rings (SSSR count). The van der Waals surface area contributed by atoms with Crippen LogP contribution in [-0.4, -0.2) is 28.4 Å². The normalized spacial score (nSPS) is 10.3. The minimum absolute atomic E-state index is 0.115. The van der Waals surface area contributed by atoms with E-state index in [0.29, 0.717) is 22.0 Å². The van der Waals surface area contributed by atoms with Crippen LogP contribution in [0.2, 0.25) is 5.02 Å². The molecule has 0 aliphatic heterocycles. The summed E-state index contributed by atoms with van der Waals surface area (Å²) in [5, 5.41) is 15.4. The zero-order valence-corrected chi connectivity index (χ0v) is 11.3. The van der Waals surface area contributed by atoms with Gasteiger partial charge in [-0.3, -0.25) is 9.59 Å². The van der Waals surface area contributed by atoms with Crippen LogP contribution < -0.4 is 10.3 Å².